The summed E-state index contributed by atoms with van der Waals surface area (Å²) in [6.07, 6.45) is 0.945. The molecular weight excluding hydrogens is 352 g/mol. The van der Waals surface area contributed by atoms with E-state index in [1.165, 1.54) is 11.1 Å². The Morgan fingerprint density at radius 3 is 2.57 bits per heavy atom. The Balaban J connectivity index is 1.54. The average Bonchev–Trinajstić information content (AvgIpc) is 2.73. The molecule has 0 aliphatic carbocycles. The molecule has 0 atom stereocenters. The van der Waals surface area contributed by atoms with Gasteiger partial charge in [-0.15, -0.1) is 0 Å². The van der Waals surface area contributed by atoms with Crippen LogP contribution in [0.3, 0.4) is 0 Å². The lowest BCUT2D eigenvalue weighted by Gasteiger charge is -2.29. The second kappa shape index (κ2) is 7.68. The Morgan fingerprint density at radius 1 is 1.07 bits per heavy atom. The Kier molecular flexibility index (Phi) is 4.93. The second-order valence-corrected chi connectivity index (χ2v) is 6.82. The lowest BCUT2D eigenvalue weighted by molar-refractivity contribution is 0.102. The number of anilines is 2. The minimum Gasteiger partial charge on any atom is -0.497 e. The van der Waals surface area contributed by atoms with Crippen LogP contribution in [-0.2, 0) is 13.0 Å². The van der Waals surface area contributed by atoms with Gasteiger partial charge in [-0.1, -0.05) is 24.3 Å². The molecular formula is C22H22N4O2. The van der Waals surface area contributed by atoms with E-state index in [9.17, 15) is 4.79 Å². The zero-order chi connectivity index (χ0) is 19.5. The van der Waals surface area contributed by atoms with Crippen molar-refractivity contribution in [3.05, 3.63) is 77.1 Å². The number of carbonyl (C=O) groups excluding carboxylic acids is 1. The van der Waals surface area contributed by atoms with Crippen LogP contribution in [-0.4, -0.2) is 29.5 Å². The van der Waals surface area contributed by atoms with E-state index in [-0.39, 0.29) is 5.91 Å². The van der Waals surface area contributed by atoms with E-state index in [4.69, 9.17) is 4.74 Å². The molecule has 0 radical (unpaired) electrons. The van der Waals surface area contributed by atoms with Crippen LogP contribution in [0.5, 0.6) is 5.75 Å². The van der Waals surface area contributed by atoms with Gasteiger partial charge in [-0.3, -0.25) is 4.79 Å². The van der Waals surface area contributed by atoms with Crippen LogP contribution in [0.4, 0.5) is 11.6 Å². The topological polar surface area (TPSA) is 67.3 Å². The van der Waals surface area contributed by atoms with Gasteiger partial charge in [0, 0.05) is 24.5 Å². The zero-order valence-electron chi connectivity index (χ0n) is 16.0. The maximum Gasteiger partial charge on any atom is 0.274 e. The summed E-state index contributed by atoms with van der Waals surface area (Å²) in [6.45, 7) is 3.46. The summed E-state index contributed by atoms with van der Waals surface area (Å²) in [5, 5.41) is 2.88. The van der Waals surface area contributed by atoms with Crippen molar-refractivity contribution in [2.75, 3.05) is 23.9 Å². The third-order valence-corrected chi connectivity index (χ3v) is 4.84. The third kappa shape index (κ3) is 3.81. The fourth-order valence-corrected chi connectivity index (χ4v) is 3.35. The maximum absolute atomic E-state index is 12.7. The van der Waals surface area contributed by atoms with Crippen molar-refractivity contribution in [3.63, 3.8) is 0 Å². The van der Waals surface area contributed by atoms with Crippen molar-refractivity contribution in [1.29, 1.82) is 0 Å². The maximum atomic E-state index is 12.7. The molecule has 0 spiro atoms. The van der Waals surface area contributed by atoms with E-state index < -0.39 is 0 Å². The van der Waals surface area contributed by atoms with Gasteiger partial charge < -0.3 is 15.0 Å². The van der Waals surface area contributed by atoms with Crippen molar-refractivity contribution in [1.82, 2.24) is 9.97 Å². The predicted octanol–water partition coefficient (Wildman–Crippen LogP) is 3.61. The third-order valence-electron chi connectivity index (χ3n) is 4.84. The quantitative estimate of drug-likeness (QED) is 0.756. The minimum absolute atomic E-state index is 0.255. The molecule has 1 aliphatic rings. The van der Waals surface area contributed by atoms with E-state index in [1.807, 2.05) is 13.0 Å². The normalized spacial score (nSPS) is 13.0. The van der Waals surface area contributed by atoms with Crippen molar-refractivity contribution < 1.29 is 9.53 Å². The smallest absolute Gasteiger partial charge is 0.274 e. The number of nitrogens with one attached hydrogen (secondary N) is 1. The number of carbonyl (C=O) groups is 1. The summed E-state index contributed by atoms with van der Waals surface area (Å²) < 4.78 is 5.14. The van der Waals surface area contributed by atoms with Crippen LogP contribution in [0, 0.1) is 6.92 Å². The number of ether oxygens (including phenoxy) is 1. The second-order valence-electron chi connectivity index (χ2n) is 6.82. The molecule has 1 amide bonds. The fraction of sp³-hybridized carbons (Fsp3) is 0.227. The molecule has 6 nitrogen and oxygen atoms in total. The van der Waals surface area contributed by atoms with Gasteiger partial charge in [0.25, 0.3) is 5.91 Å². The molecule has 2 heterocycles. The number of aryl methyl sites for hydroxylation is 1. The molecule has 1 aliphatic heterocycles. The lowest BCUT2D eigenvalue weighted by atomic mass is 10.0. The number of methoxy groups -OCH3 is 1. The molecule has 1 aromatic heterocycles. The van der Waals surface area contributed by atoms with E-state index in [0.717, 1.165) is 31.0 Å². The average molecular weight is 374 g/mol. The summed E-state index contributed by atoms with van der Waals surface area (Å²) >= 11 is 0. The van der Waals surface area contributed by atoms with Gasteiger partial charge in [-0.2, -0.15) is 0 Å². The Labute approximate surface area is 164 Å². The molecule has 4 rings (SSSR count). The van der Waals surface area contributed by atoms with Crippen LogP contribution in [0.25, 0.3) is 0 Å². The standard InChI is InChI=1S/C22H22N4O2/c1-15-13-20(21(27)24-18-7-9-19(28-2)10-8-18)25-22(23-15)26-12-11-16-5-3-4-6-17(16)14-26/h3-10,13H,11-12,14H2,1-2H3,(H,24,27). The first-order chi connectivity index (χ1) is 13.6. The van der Waals surface area contributed by atoms with Crippen LogP contribution >= 0.6 is 0 Å². The number of hydrogen-bond donors (Lipinski definition) is 1. The Bertz CT molecular complexity index is 1000. The Morgan fingerprint density at radius 2 is 1.82 bits per heavy atom. The molecule has 1 N–H and O–H groups in total. The van der Waals surface area contributed by atoms with Gasteiger partial charge >= 0.3 is 0 Å². The summed E-state index contributed by atoms with van der Waals surface area (Å²) in [5.41, 5.74) is 4.46. The highest BCUT2D eigenvalue weighted by Gasteiger charge is 2.20. The van der Waals surface area contributed by atoms with E-state index in [0.29, 0.717) is 17.3 Å². The van der Waals surface area contributed by atoms with Crippen molar-refractivity contribution in [3.8, 4) is 5.75 Å². The summed E-state index contributed by atoms with van der Waals surface area (Å²) in [7, 11) is 1.61. The molecule has 3 aromatic rings. The SMILES string of the molecule is COc1ccc(NC(=O)c2cc(C)nc(N3CCc4ccccc4C3)n2)cc1. The van der Waals surface area contributed by atoms with Gasteiger partial charge in [0.2, 0.25) is 5.95 Å². The monoisotopic (exact) mass is 374 g/mol. The molecule has 2 aromatic carbocycles. The van der Waals surface area contributed by atoms with Gasteiger partial charge in [0.05, 0.1) is 7.11 Å². The predicted molar refractivity (Wildman–Crippen MR) is 109 cm³/mol. The highest BCUT2D eigenvalue weighted by atomic mass is 16.5. The molecule has 142 valence electrons. The lowest BCUT2D eigenvalue weighted by Crippen LogP contribution is -2.32. The number of fused-ring (bicyclic) bond motifs is 1. The largest absolute Gasteiger partial charge is 0.497 e. The van der Waals surface area contributed by atoms with Gasteiger partial charge in [0.15, 0.2) is 0 Å². The highest BCUT2D eigenvalue weighted by molar-refractivity contribution is 6.03. The zero-order valence-corrected chi connectivity index (χ0v) is 16.0. The van der Waals surface area contributed by atoms with Crippen LogP contribution in [0.1, 0.15) is 27.3 Å². The number of rotatable bonds is 4. The molecule has 0 bridgehead atoms. The van der Waals surface area contributed by atoms with Crippen LogP contribution < -0.4 is 15.0 Å². The van der Waals surface area contributed by atoms with Gasteiger partial charge in [-0.25, -0.2) is 9.97 Å². The van der Waals surface area contributed by atoms with Crippen LogP contribution in [0.15, 0.2) is 54.6 Å². The van der Waals surface area contributed by atoms with Crippen molar-refractivity contribution >= 4 is 17.5 Å². The fourth-order valence-electron chi connectivity index (χ4n) is 3.35. The van der Waals surface area contributed by atoms with Crippen molar-refractivity contribution in [2.24, 2.45) is 0 Å². The summed E-state index contributed by atoms with van der Waals surface area (Å²) in [6, 6.07) is 17.3. The molecule has 0 fully saturated rings. The summed E-state index contributed by atoms with van der Waals surface area (Å²) in [4.78, 5) is 23.9. The highest BCUT2D eigenvalue weighted by Crippen LogP contribution is 2.23. The minimum atomic E-state index is -0.255. The Hall–Kier alpha value is -3.41. The first-order valence-electron chi connectivity index (χ1n) is 9.25. The number of hydrogen-bond acceptors (Lipinski definition) is 5. The molecule has 0 saturated carbocycles. The number of nitrogens with zero attached hydrogens (tertiary/aromatic N) is 3. The summed E-state index contributed by atoms with van der Waals surface area (Å²) in [5.74, 6) is 1.08. The van der Waals surface area contributed by atoms with Crippen molar-refractivity contribution in [2.45, 2.75) is 19.9 Å². The number of amides is 1. The first kappa shape index (κ1) is 18.0. The number of aromatic nitrogens is 2. The molecule has 0 saturated heterocycles. The van der Waals surface area contributed by atoms with Gasteiger partial charge in [-0.05, 0) is 54.8 Å². The van der Waals surface area contributed by atoms with Crippen LogP contribution in [0.2, 0.25) is 0 Å². The molecule has 6 heteroatoms. The van der Waals surface area contributed by atoms with E-state index >= 15 is 0 Å². The first-order valence-corrected chi connectivity index (χ1v) is 9.25. The van der Waals surface area contributed by atoms with Gasteiger partial charge in [0.1, 0.15) is 11.4 Å². The molecule has 0 unspecified atom stereocenters. The number of benzene rings is 2. The van der Waals surface area contributed by atoms with E-state index in [1.54, 1.807) is 37.4 Å². The molecule has 28 heavy (non-hydrogen) atoms. The van der Waals surface area contributed by atoms with E-state index in [2.05, 4.69) is 38.4 Å².